The summed E-state index contributed by atoms with van der Waals surface area (Å²) in [6, 6.07) is 0.505. The van der Waals surface area contributed by atoms with E-state index >= 15 is 0 Å². The van der Waals surface area contributed by atoms with Gasteiger partial charge in [0.05, 0.1) is 6.61 Å². The Hall–Kier alpha value is -0.610. The zero-order valence-corrected chi connectivity index (χ0v) is 14.7. The lowest BCUT2D eigenvalue weighted by Crippen LogP contribution is -2.49. The molecule has 0 bridgehead atoms. The van der Waals surface area contributed by atoms with Crippen LogP contribution in [0.25, 0.3) is 0 Å². The standard InChI is InChI=1S/C16H34N2O2/c1-9-20-14(19)16(6,17-7)11-10-12-18(8)13(2)15(3,4)5/h13,17H,9-12H2,1-8H3. The van der Waals surface area contributed by atoms with Crippen molar-refractivity contribution in [2.45, 2.75) is 66.0 Å². The van der Waals surface area contributed by atoms with Crippen molar-refractivity contribution in [3.63, 3.8) is 0 Å². The van der Waals surface area contributed by atoms with E-state index in [1.807, 2.05) is 20.9 Å². The topological polar surface area (TPSA) is 41.6 Å². The zero-order valence-electron chi connectivity index (χ0n) is 14.7. The Labute approximate surface area is 125 Å². The van der Waals surface area contributed by atoms with Gasteiger partial charge in [0.1, 0.15) is 5.54 Å². The van der Waals surface area contributed by atoms with Crippen LogP contribution in [0, 0.1) is 5.41 Å². The molecular formula is C16H34N2O2. The maximum Gasteiger partial charge on any atom is 0.326 e. The predicted octanol–water partition coefficient (Wildman–Crippen LogP) is 2.67. The number of likely N-dealkylation sites (N-methyl/N-ethyl adjacent to an activating group) is 1. The number of hydrogen-bond acceptors (Lipinski definition) is 4. The van der Waals surface area contributed by atoms with E-state index in [4.69, 9.17) is 4.74 Å². The Morgan fingerprint density at radius 1 is 1.30 bits per heavy atom. The Bertz CT molecular complexity index is 299. The van der Waals surface area contributed by atoms with E-state index in [9.17, 15) is 4.79 Å². The average Bonchev–Trinajstić information content (AvgIpc) is 2.36. The van der Waals surface area contributed by atoms with Crippen molar-refractivity contribution in [3.05, 3.63) is 0 Å². The van der Waals surface area contributed by atoms with E-state index in [0.29, 0.717) is 12.6 Å². The highest BCUT2D eigenvalue weighted by atomic mass is 16.5. The summed E-state index contributed by atoms with van der Waals surface area (Å²) in [5, 5.41) is 3.10. The first-order chi connectivity index (χ1) is 9.08. The number of ether oxygens (including phenoxy) is 1. The molecule has 120 valence electrons. The maximum atomic E-state index is 12.0. The number of esters is 1. The van der Waals surface area contributed by atoms with E-state index < -0.39 is 5.54 Å². The van der Waals surface area contributed by atoms with Crippen molar-refractivity contribution in [1.29, 1.82) is 0 Å². The first-order valence-corrected chi connectivity index (χ1v) is 7.65. The number of rotatable bonds is 8. The van der Waals surface area contributed by atoms with Gasteiger partial charge in [-0.25, -0.2) is 0 Å². The smallest absolute Gasteiger partial charge is 0.326 e. The van der Waals surface area contributed by atoms with Crippen LogP contribution in [0.4, 0.5) is 0 Å². The molecule has 0 heterocycles. The van der Waals surface area contributed by atoms with Crippen molar-refractivity contribution < 1.29 is 9.53 Å². The molecule has 0 aromatic rings. The minimum Gasteiger partial charge on any atom is -0.465 e. The van der Waals surface area contributed by atoms with Gasteiger partial charge in [-0.2, -0.15) is 0 Å². The molecule has 0 saturated carbocycles. The molecule has 1 N–H and O–H groups in total. The summed E-state index contributed by atoms with van der Waals surface area (Å²) >= 11 is 0. The largest absolute Gasteiger partial charge is 0.465 e. The van der Waals surface area contributed by atoms with Crippen LogP contribution in [0.5, 0.6) is 0 Å². The summed E-state index contributed by atoms with van der Waals surface area (Å²) in [7, 11) is 3.97. The van der Waals surface area contributed by atoms with Gasteiger partial charge in [-0.15, -0.1) is 0 Å². The van der Waals surface area contributed by atoms with Crippen LogP contribution < -0.4 is 5.32 Å². The first kappa shape index (κ1) is 19.4. The Balaban J connectivity index is 4.36. The molecule has 0 spiro atoms. The van der Waals surface area contributed by atoms with Crippen LogP contribution in [0.2, 0.25) is 0 Å². The third-order valence-electron chi connectivity index (χ3n) is 4.38. The molecule has 0 aliphatic rings. The van der Waals surface area contributed by atoms with Crippen LogP contribution in [0.3, 0.4) is 0 Å². The summed E-state index contributed by atoms with van der Waals surface area (Å²) in [4.78, 5) is 14.3. The van der Waals surface area contributed by atoms with Crippen molar-refractivity contribution in [2.75, 3.05) is 27.2 Å². The molecule has 0 aliphatic heterocycles. The molecule has 0 saturated heterocycles. The molecule has 0 radical (unpaired) electrons. The van der Waals surface area contributed by atoms with Crippen LogP contribution in [0.15, 0.2) is 0 Å². The quantitative estimate of drug-likeness (QED) is 0.697. The Morgan fingerprint density at radius 2 is 1.85 bits per heavy atom. The van der Waals surface area contributed by atoms with E-state index in [1.165, 1.54) is 0 Å². The van der Waals surface area contributed by atoms with Gasteiger partial charge in [0.25, 0.3) is 0 Å². The van der Waals surface area contributed by atoms with Crippen LogP contribution in [-0.2, 0) is 9.53 Å². The molecule has 4 nitrogen and oxygen atoms in total. The SMILES string of the molecule is CCOC(=O)C(C)(CCCN(C)C(C)C(C)(C)C)NC. The molecule has 0 fully saturated rings. The Kier molecular flexibility index (Phi) is 7.74. The third-order valence-corrected chi connectivity index (χ3v) is 4.38. The first-order valence-electron chi connectivity index (χ1n) is 7.65. The molecule has 0 aliphatic carbocycles. The van der Waals surface area contributed by atoms with E-state index in [-0.39, 0.29) is 11.4 Å². The number of carbonyl (C=O) groups is 1. The van der Waals surface area contributed by atoms with Gasteiger partial charge in [0.2, 0.25) is 0 Å². The van der Waals surface area contributed by atoms with Crippen LogP contribution in [0.1, 0.15) is 54.4 Å². The summed E-state index contributed by atoms with van der Waals surface area (Å²) in [6.45, 7) is 14.2. The van der Waals surface area contributed by atoms with Crippen molar-refractivity contribution >= 4 is 5.97 Å². The molecule has 2 atom stereocenters. The lowest BCUT2D eigenvalue weighted by Gasteiger charge is -2.36. The molecular weight excluding hydrogens is 252 g/mol. The molecule has 0 aromatic heterocycles. The maximum absolute atomic E-state index is 12.0. The fraction of sp³-hybridized carbons (Fsp3) is 0.938. The van der Waals surface area contributed by atoms with Crippen molar-refractivity contribution in [1.82, 2.24) is 10.2 Å². The van der Waals surface area contributed by atoms with E-state index in [0.717, 1.165) is 19.4 Å². The summed E-state index contributed by atoms with van der Waals surface area (Å²) in [5.74, 6) is -0.158. The summed E-state index contributed by atoms with van der Waals surface area (Å²) in [5.41, 5.74) is -0.315. The average molecular weight is 286 g/mol. The second-order valence-electron chi connectivity index (χ2n) is 6.93. The van der Waals surface area contributed by atoms with Crippen molar-refractivity contribution in [3.8, 4) is 0 Å². The molecule has 0 amide bonds. The second kappa shape index (κ2) is 7.99. The monoisotopic (exact) mass is 286 g/mol. The predicted molar refractivity (Wildman–Crippen MR) is 84.9 cm³/mol. The third kappa shape index (κ3) is 5.80. The van der Waals surface area contributed by atoms with E-state index in [1.54, 1.807) is 0 Å². The normalized spacial score (nSPS) is 16.9. The highest BCUT2D eigenvalue weighted by Crippen LogP contribution is 2.23. The van der Waals surface area contributed by atoms with Gasteiger partial charge >= 0.3 is 5.97 Å². The van der Waals surface area contributed by atoms with Crippen LogP contribution >= 0.6 is 0 Å². The second-order valence-corrected chi connectivity index (χ2v) is 6.93. The molecule has 2 unspecified atom stereocenters. The van der Waals surface area contributed by atoms with Gasteiger partial charge in [-0.1, -0.05) is 20.8 Å². The molecule has 0 rings (SSSR count). The minimum atomic E-state index is -0.582. The summed E-state index contributed by atoms with van der Waals surface area (Å²) < 4.78 is 5.14. The van der Waals surface area contributed by atoms with Gasteiger partial charge in [0, 0.05) is 6.04 Å². The molecule has 0 aromatic carbocycles. The summed E-state index contributed by atoms with van der Waals surface area (Å²) in [6.07, 6.45) is 1.75. The number of nitrogens with zero attached hydrogens (tertiary/aromatic N) is 1. The highest BCUT2D eigenvalue weighted by molar-refractivity contribution is 5.80. The zero-order chi connectivity index (χ0) is 16.0. The number of carbonyl (C=O) groups excluding carboxylic acids is 1. The number of nitrogens with one attached hydrogen (secondary N) is 1. The van der Waals surface area contributed by atoms with Gasteiger partial charge in [0.15, 0.2) is 0 Å². The van der Waals surface area contributed by atoms with Crippen molar-refractivity contribution in [2.24, 2.45) is 5.41 Å². The van der Waals surface area contributed by atoms with Gasteiger partial charge in [-0.05, 0) is 59.7 Å². The molecule has 20 heavy (non-hydrogen) atoms. The van der Waals surface area contributed by atoms with E-state index in [2.05, 4.69) is 45.0 Å². The fourth-order valence-electron chi connectivity index (χ4n) is 2.16. The highest BCUT2D eigenvalue weighted by Gasteiger charge is 2.32. The lowest BCUT2D eigenvalue weighted by atomic mass is 9.87. The Morgan fingerprint density at radius 3 is 2.25 bits per heavy atom. The number of hydrogen-bond donors (Lipinski definition) is 1. The van der Waals surface area contributed by atoms with Gasteiger partial charge in [-0.3, -0.25) is 4.79 Å². The fourth-order valence-corrected chi connectivity index (χ4v) is 2.16. The van der Waals surface area contributed by atoms with Crippen LogP contribution in [-0.4, -0.2) is 49.7 Å². The van der Waals surface area contributed by atoms with Gasteiger partial charge < -0.3 is 15.0 Å². The lowest BCUT2D eigenvalue weighted by molar-refractivity contribution is -0.150. The molecule has 4 heteroatoms. The minimum absolute atomic E-state index is 0.158.